The zero-order valence-corrected chi connectivity index (χ0v) is 15.2. The van der Waals surface area contributed by atoms with Gasteiger partial charge < -0.3 is 29.7 Å². The molecule has 0 aromatic heterocycles. The van der Waals surface area contributed by atoms with Crippen LogP contribution in [-0.2, 0) is 4.79 Å². The van der Waals surface area contributed by atoms with Crippen LogP contribution in [0.15, 0.2) is 36.4 Å². The molecule has 0 aliphatic carbocycles. The second-order valence-corrected chi connectivity index (χ2v) is 5.61. The summed E-state index contributed by atoms with van der Waals surface area (Å²) in [7, 11) is 4.37. The summed E-state index contributed by atoms with van der Waals surface area (Å²) < 4.78 is 15.5. The Balaban J connectivity index is 2.38. The molecule has 0 heterocycles. The molecule has 144 valence electrons. The number of carboxylic acid groups (broad SMARTS) is 1. The largest absolute Gasteiger partial charge is 0.507 e. The summed E-state index contributed by atoms with van der Waals surface area (Å²) in [5.74, 6) is -0.709. The number of phenolic OH excluding ortho intramolecular Hbond substituents is 1. The van der Waals surface area contributed by atoms with Gasteiger partial charge in [-0.1, -0.05) is 0 Å². The smallest absolute Gasteiger partial charge is 0.305 e. The highest BCUT2D eigenvalue weighted by molar-refractivity contribution is 5.97. The van der Waals surface area contributed by atoms with Gasteiger partial charge in [0.1, 0.15) is 23.0 Å². The van der Waals surface area contributed by atoms with Gasteiger partial charge in [-0.2, -0.15) is 0 Å². The van der Waals surface area contributed by atoms with Gasteiger partial charge >= 0.3 is 5.97 Å². The molecule has 8 nitrogen and oxygen atoms in total. The van der Waals surface area contributed by atoms with Crippen LogP contribution in [0.3, 0.4) is 0 Å². The van der Waals surface area contributed by atoms with E-state index in [0.717, 1.165) is 0 Å². The van der Waals surface area contributed by atoms with E-state index in [0.29, 0.717) is 22.8 Å². The number of methoxy groups -OCH3 is 3. The molecule has 3 N–H and O–H groups in total. The minimum Gasteiger partial charge on any atom is -0.507 e. The molecule has 27 heavy (non-hydrogen) atoms. The molecule has 1 amide bonds. The van der Waals surface area contributed by atoms with Crippen LogP contribution in [0.25, 0.3) is 0 Å². The van der Waals surface area contributed by atoms with Gasteiger partial charge in [-0.25, -0.2) is 0 Å². The average Bonchev–Trinajstić information content (AvgIpc) is 2.66. The fraction of sp³-hybridized carbons (Fsp3) is 0.263. The van der Waals surface area contributed by atoms with Crippen molar-refractivity contribution in [3.05, 3.63) is 47.5 Å². The molecule has 2 aromatic rings. The second-order valence-electron chi connectivity index (χ2n) is 5.61. The maximum absolute atomic E-state index is 12.6. The first-order valence-electron chi connectivity index (χ1n) is 8.01. The number of hydrogen-bond acceptors (Lipinski definition) is 6. The highest BCUT2D eigenvalue weighted by Crippen LogP contribution is 2.32. The van der Waals surface area contributed by atoms with Crippen molar-refractivity contribution in [1.82, 2.24) is 5.32 Å². The maximum atomic E-state index is 12.6. The van der Waals surface area contributed by atoms with E-state index >= 15 is 0 Å². The monoisotopic (exact) mass is 375 g/mol. The van der Waals surface area contributed by atoms with Crippen LogP contribution in [0.2, 0.25) is 0 Å². The first kappa shape index (κ1) is 19.9. The van der Waals surface area contributed by atoms with Gasteiger partial charge in [0.25, 0.3) is 5.91 Å². The number of nitrogens with one attached hydrogen (secondary N) is 1. The molecule has 0 aliphatic rings. The van der Waals surface area contributed by atoms with Gasteiger partial charge in [0.15, 0.2) is 0 Å². The number of carboxylic acids is 1. The SMILES string of the molecule is COc1ccc(C(CC(=O)O)NC(=O)c2cc(OC)ccc2O)c(OC)c1. The Hall–Kier alpha value is -3.42. The third-order valence-electron chi connectivity index (χ3n) is 3.95. The lowest BCUT2D eigenvalue weighted by molar-refractivity contribution is -0.137. The molecule has 0 spiro atoms. The van der Waals surface area contributed by atoms with Crippen LogP contribution < -0.4 is 19.5 Å². The molecule has 0 bridgehead atoms. The van der Waals surface area contributed by atoms with Crippen LogP contribution in [0.5, 0.6) is 23.0 Å². The van der Waals surface area contributed by atoms with Crippen molar-refractivity contribution >= 4 is 11.9 Å². The van der Waals surface area contributed by atoms with Gasteiger partial charge in [0, 0.05) is 11.6 Å². The van der Waals surface area contributed by atoms with Crippen molar-refractivity contribution in [2.24, 2.45) is 0 Å². The van der Waals surface area contributed by atoms with E-state index in [9.17, 15) is 19.8 Å². The fourth-order valence-electron chi connectivity index (χ4n) is 2.58. The standard InChI is InChI=1S/C19H21NO7/c1-25-11-5-7-16(21)14(8-11)19(24)20-15(10-18(22)23)13-6-4-12(26-2)9-17(13)27-3/h4-9,15,21H,10H2,1-3H3,(H,20,24)(H,22,23). The van der Waals surface area contributed by atoms with Crippen LogP contribution >= 0.6 is 0 Å². The van der Waals surface area contributed by atoms with Crippen LogP contribution in [0, 0.1) is 0 Å². The van der Waals surface area contributed by atoms with Crippen LogP contribution in [0.4, 0.5) is 0 Å². The third-order valence-corrected chi connectivity index (χ3v) is 3.95. The number of carbonyl (C=O) groups excluding carboxylic acids is 1. The number of ether oxygens (including phenoxy) is 3. The van der Waals surface area contributed by atoms with Gasteiger partial charge in [-0.3, -0.25) is 9.59 Å². The first-order valence-corrected chi connectivity index (χ1v) is 8.01. The molecule has 0 radical (unpaired) electrons. The van der Waals surface area contributed by atoms with Crippen LogP contribution in [0.1, 0.15) is 28.4 Å². The minimum atomic E-state index is -1.10. The molecule has 2 rings (SSSR count). The molecule has 0 aliphatic heterocycles. The molecule has 1 atom stereocenters. The predicted octanol–water partition coefficient (Wildman–Crippen LogP) is 2.36. The number of rotatable bonds is 8. The highest BCUT2D eigenvalue weighted by atomic mass is 16.5. The van der Waals surface area contributed by atoms with Gasteiger partial charge in [-0.05, 0) is 30.3 Å². The highest BCUT2D eigenvalue weighted by Gasteiger charge is 2.24. The second kappa shape index (κ2) is 8.79. The van der Waals surface area contributed by atoms with E-state index in [-0.39, 0.29) is 17.7 Å². The lowest BCUT2D eigenvalue weighted by atomic mass is 10.0. The Bertz CT molecular complexity index is 835. The molecular formula is C19H21NO7. The molecule has 0 saturated heterocycles. The van der Waals surface area contributed by atoms with Crippen molar-refractivity contribution in [2.75, 3.05) is 21.3 Å². The first-order chi connectivity index (χ1) is 12.9. The van der Waals surface area contributed by atoms with Crippen molar-refractivity contribution in [2.45, 2.75) is 12.5 Å². The molecule has 0 saturated carbocycles. The number of phenols is 1. The minimum absolute atomic E-state index is 0.0304. The van der Waals surface area contributed by atoms with Crippen LogP contribution in [-0.4, -0.2) is 43.4 Å². The number of benzene rings is 2. The van der Waals surface area contributed by atoms with Gasteiger partial charge in [0.2, 0.25) is 0 Å². The van der Waals surface area contributed by atoms with E-state index in [1.54, 1.807) is 18.2 Å². The normalized spacial score (nSPS) is 11.4. The number of hydrogen-bond donors (Lipinski definition) is 3. The quantitative estimate of drug-likeness (QED) is 0.649. The Morgan fingerprint density at radius 2 is 1.63 bits per heavy atom. The summed E-state index contributed by atoms with van der Waals surface area (Å²) in [4.78, 5) is 23.9. The number of aliphatic carboxylic acids is 1. The molecule has 2 aromatic carbocycles. The molecule has 0 fully saturated rings. The molecule has 8 heteroatoms. The maximum Gasteiger partial charge on any atom is 0.305 e. The summed E-state index contributed by atoms with van der Waals surface area (Å²) in [5, 5.41) is 21.8. The van der Waals surface area contributed by atoms with E-state index in [4.69, 9.17) is 14.2 Å². The average molecular weight is 375 g/mol. The number of aromatic hydroxyl groups is 1. The lowest BCUT2D eigenvalue weighted by Crippen LogP contribution is -2.30. The molecule has 1 unspecified atom stereocenters. The topological polar surface area (TPSA) is 114 Å². The fourth-order valence-corrected chi connectivity index (χ4v) is 2.58. The van der Waals surface area contributed by atoms with Gasteiger partial charge in [-0.15, -0.1) is 0 Å². The Morgan fingerprint density at radius 3 is 2.22 bits per heavy atom. The lowest BCUT2D eigenvalue weighted by Gasteiger charge is -2.21. The van der Waals surface area contributed by atoms with Crippen molar-refractivity contribution in [3.8, 4) is 23.0 Å². The number of amides is 1. The van der Waals surface area contributed by atoms with E-state index in [2.05, 4.69) is 5.32 Å². The third kappa shape index (κ3) is 4.81. The predicted molar refractivity (Wildman–Crippen MR) is 96.7 cm³/mol. The summed E-state index contributed by atoms with van der Waals surface area (Å²) in [6.45, 7) is 0. The summed E-state index contributed by atoms with van der Waals surface area (Å²) in [5.41, 5.74) is 0.439. The summed E-state index contributed by atoms with van der Waals surface area (Å²) >= 11 is 0. The molecular weight excluding hydrogens is 354 g/mol. The Kier molecular flexibility index (Phi) is 6.48. The van der Waals surface area contributed by atoms with Crippen molar-refractivity contribution < 1.29 is 34.0 Å². The Labute approximate surface area is 156 Å². The van der Waals surface area contributed by atoms with Crippen molar-refractivity contribution in [1.29, 1.82) is 0 Å². The van der Waals surface area contributed by atoms with Gasteiger partial charge in [0.05, 0.1) is 39.4 Å². The zero-order chi connectivity index (χ0) is 20.0. The van der Waals surface area contributed by atoms with E-state index in [1.165, 1.54) is 39.5 Å². The van der Waals surface area contributed by atoms with E-state index < -0.39 is 17.9 Å². The zero-order valence-electron chi connectivity index (χ0n) is 15.2. The Morgan fingerprint density at radius 1 is 1.00 bits per heavy atom. The summed E-state index contributed by atoms with van der Waals surface area (Å²) in [6.07, 6.45) is -0.376. The number of carbonyl (C=O) groups is 2. The summed E-state index contributed by atoms with van der Waals surface area (Å²) in [6, 6.07) is 8.18. The van der Waals surface area contributed by atoms with Crippen molar-refractivity contribution in [3.63, 3.8) is 0 Å². The van der Waals surface area contributed by atoms with E-state index in [1.807, 2.05) is 0 Å².